The Balaban J connectivity index is 1.90. The smallest absolute Gasteiger partial charge is 0.227 e. The number of hydrogen-bond acceptors (Lipinski definition) is 4. The summed E-state index contributed by atoms with van der Waals surface area (Å²) in [5, 5.41) is 11.7. The van der Waals surface area contributed by atoms with Gasteiger partial charge in [0, 0.05) is 24.9 Å². The van der Waals surface area contributed by atoms with Gasteiger partial charge in [0.1, 0.15) is 0 Å². The Kier molecular flexibility index (Phi) is 4.47. The number of rotatable bonds is 4. The van der Waals surface area contributed by atoms with Crippen LogP contribution in [0.1, 0.15) is 18.3 Å². The Morgan fingerprint density at radius 1 is 1.08 bits per heavy atom. The lowest BCUT2D eigenvalue weighted by Crippen LogP contribution is -2.21. The highest BCUT2D eigenvalue weighted by atomic mass is 16.2. The number of carbonyl (C=O) groups excluding carboxylic acids is 1. The molecule has 1 heterocycles. The molecule has 1 amide bonds. The maximum absolute atomic E-state index is 12.0. The predicted octanol–water partition coefficient (Wildman–Crippen LogP) is 2.99. The van der Waals surface area contributed by atoms with E-state index in [0.29, 0.717) is 5.82 Å². The summed E-state index contributed by atoms with van der Waals surface area (Å²) in [6, 6.07) is 17.3. The number of aryl methyl sites for hydroxylation is 1. The SMILES string of the molecule is CC(=O)N(C=Cc1nnnn1-c1ccccc1)c1ccc(C)cc1. The molecule has 24 heavy (non-hydrogen) atoms. The number of anilines is 1. The van der Waals surface area contributed by atoms with Crippen molar-refractivity contribution in [3.05, 3.63) is 72.2 Å². The molecule has 0 spiro atoms. The highest BCUT2D eigenvalue weighted by Crippen LogP contribution is 2.17. The number of benzene rings is 2. The van der Waals surface area contributed by atoms with Crippen molar-refractivity contribution in [2.45, 2.75) is 13.8 Å². The summed E-state index contributed by atoms with van der Waals surface area (Å²) in [6.45, 7) is 3.52. The van der Waals surface area contributed by atoms with Gasteiger partial charge in [-0.15, -0.1) is 5.10 Å². The van der Waals surface area contributed by atoms with E-state index in [2.05, 4.69) is 15.5 Å². The zero-order chi connectivity index (χ0) is 16.9. The first-order chi connectivity index (χ1) is 11.6. The molecular formula is C18H17N5O. The molecule has 0 unspecified atom stereocenters. The van der Waals surface area contributed by atoms with E-state index in [4.69, 9.17) is 0 Å². The molecule has 6 heteroatoms. The lowest BCUT2D eigenvalue weighted by Gasteiger charge is -2.16. The molecule has 3 aromatic rings. The van der Waals surface area contributed by atoms with Gasteiger partial charge in [0.05, 0.1) is 5.69 Å². The standard InChI is InChI=1S/C18H17N5O/c1-14-8-10-16(11-9-14)22(15(2)24)13-12-18-19-20-21-23(18)17-6-4-3-5-7-17/h3-13H,1-2H3. The molecule has 2 aromatic carbocycles. The summed E-state index contributed by atoms with van der Waals surface area (Å²) in [4.78, 5) is 13.5. The first-order valence-corrected chi connectivity index (χ1v) is 7.53. The van der Waals surface area contributed by atoms with Crippen LogP contribution in [0.3, 0.4) is 0 Å². The maximum atomic E-state index is 12.0. The van der Waals surface area contributed by atoms with Crippen LogP contribution in [0.2, 0.25) is 0 Å². The van der Waals surface area contributed by atoms with Crippen LogP contribution in [0.15, 0.2) is 60.8 Å². The van der Waals surface area contributed by atoms with E-state index >= 15 is 0 Å². The van der Waals surface area contributed by atoms with E-state index in [0.717, 1.165) is 16.9 Å². The molecule has 0 aliphatic carbocycles. The van der Waals surface area contributed by atoms with E-state index in [1.54, 1.807) is 21.9 Å². The highest BCUT2D eigenvalue weighted by molar-refractivity contribution is 5.94. The van der Waals surface area contributed by atoms with Crippen LogP contribution in [0, 0.1) is 6.92 Å². The fourth-order valence-corrected chi connectivity index (χ4v) is 2.27. The van der Waals surface area contributed by atoms with E-state index in [1.165, 1.54) is 6.92 Å². The van der Waals surface area contributed by atoms with Crippen molar-refractivity contribution >= 4 is 17.7 Å². The largest absolute Gasteiger partial charge is 0.288 e. The Bertz CT molecular complexity index is 853. The van der Waals surface area contributed by atoms with Crippen molar-refractivity contribution in [3.63, 3.8) is 0 Å². The van der Waals surface area contributed by atoms with Gasteiger partial charge in [0.15, 0.2) is 5.82 Å². The van der Waals surface area contributed by atoms with Gasteiger partial charge in [0.25, 0.3) is 0 Å². The third kappa shape index (κ3) is 3.38. The van der Waals surface area contributed by atoms with E-state index < -0.39 is 0 Å². The lowest BCUT2D eigenvalue weighted by atomic mass is 10.2. The average molecular weight is 319 g/mol. The number of amides is 1. The highest BCUT2D eigenvalue weighted by Gasteiger charge is 2.10. The van der Waals surface area contributed by atoms with Gasteiger partial charge in [-0.3, -0.25) is 9.69 Å². The molecule has 0 saturated carbocycles. The summed E-state index contributed by atoms with van der Waals surface area (Å²) < 4.78 is 1.62. The minimum Gasteiger partial charge on any atom is -0.288 e. The number of hydrogen-bond donors (Lipinski definition) is 0. The lowest BCUT2D eigenvalue weighted by molar-refractivity contribution is -0.115. The minimum atomic E-state index is -0.0890. The molecule has 120 valence electrons. The summed E-state index contributed by atoms with van der Waals surface area (Å²) in [5.74, 6) is 0.452. The van der Waals surface area contributed by atoms with Crippen LogP contribution in [0.4, 0.5) is 5.69 Å². The van der Waals surface area contributed by atoms with Crippen molar-refractivity contribution in [3.8, 4) is 5.69 Å². The maximum Gasteiger partial charge on any atom is 0.227 e. The summed E-state index contributed by atoms with van der Waals surface area (Å²) in [7, 11) is 0. The molecule has 0 aliphatic heterocycles. The third-order valence-corrected chi connectivity index (χ3v) is 3.52. The van der Waals surface area contributed by atoms with Gasteiger partial charge >= 0.3 is 0 Å². The first kappa shape index (κ1) is 15.6. The second-order valence-corrected chi connectivity index (χ2v) is 5.32. The van der Waals surface area contributed by atoms with Gasteiger partial charge in [-0.2, -0.15) is 4.68 Å². The Morgan fingerprint density at radius 2 is 1.79 bits per heavy atom. The van der Waals surface area contributed by atoms with Crippen LogP contribution in [-0.2, 0) is 4.79 Å². The molecule has 6 nitrogen and oxygen atoms in total. The minimum absolute atomic E-state index is 0.0890. The van der Waals surface area contributed by atoms with Gasteiger partial charge in [-0.25, -0.2) is 0 Å². The van der Waals surface area contributed by atoms with Crippen molar-refractivity contribution in [1.29, 1.82) is 0 Å². The fraction of sp³-hybridized carbons (Fsp3) is 0.111. The number of para-hydroxylation sites is 1. The normalized spacial score (nSPS) is 10.9. The molecular weight excluding hydrogens is 302 g/mol. The predicted molar refractivity (Wildman–Crippen MR) is 92.5 cm³/mol. The molecule has 0 saturated heterocycles. The average Bonchev–Trinajstić information content (AvgIpc) is 3.06. The number of tetrazole rings is 1. The van der Waals surface area contributed by atoms with Crippen LogP contribution in [0.5, 0.6) is 0 Å². The Labute approximate surface area is 140 Å². The monoisotopic (exact) mass is 319 g/mol. The van der Waals surface area contributed by atoms with E-state index in [9.17, 15) is 4.79 Å². The second-order valence-electron chi connectivity index (χ2n) is 5.32. The van der Waals surface area contributed by atoms with Crippen LogP contribution < -0.4 is 4.90 Å². The zero-order valence-electron chi connectivity index (χ0n) is 13.5. The molecule has 1 aromatic heterocycles. The van der Waals surface area contributed by atoms with E-state index in [1.807, 2.05) is 61.5 Å². The number of nitrogens with zero attached hydrogens (tertiary/aromatic N) is 5. The first-order valence-electron chi connectivity index (χ1n) is 7.53. The van der Waals surface area contributed by atoms with Gasteiger partial charge in [-0.1, -0.05) is 35.9 Å². The third-order valence-electron chi connectivity index (χ3n) is 3.52. The molecule has 0 aliphatic rings. The van der Waals surface area contributed by atoms with Crippen molar-refractivity contribution < 1.29 is 4.79 Å². The quantitative estimate of drug-likeness (QED) is 0.741. The topological polar surface area (TPSA) is 63.9 Å². The van der Waals surface area contributed by atoms with Crippen LogP contribution in [0.25, 0.3) is 11.8 Å². The Morgan fingerprint density at radius 3 is 2.46 bits per heavy atom. The molecule has 0 N–H and O–H groups in total. The molecule has 0 atom stereocenters. The van der Waals surface area contributed by atoms with E-state index in [-0.39, 0.29) is 5.91 Å². The summed E-state index contributed by atoms with van der Waals surface area (Å²) in [6.07, 6.45) is 3.40. The van der Waals surface area contributed by atoms with Gasteiger partial charge in [-0.05, 0) is 41.6 Å². The molecule has 0 fully saturated rings. The van der Waals surface area contributed by atoms with Crippen molar-refractivity contribution in [2.24, 2.45) is 0 Å². The van der Waals surface area contributed by atoms with Gasteiger partial charge in [0.2, 0.25) is 5.91 Å². The number of aromatic nitrogens is 4. The molecule has 0 radical (unpaired) electrons. The van der Waals surface area contributed by atoms with Gasteiger partial charge < -0.3 is 0 Å². The zero-order valence-corrected chi connectivity index (χ0v) is 13.5. The number of carbonyl (C=O) groups is 1. The fourth-order valence-electron chi connectivity index (χ4n) is 2.27. The van der Waals surface area contributed by atoms with Crippen LogP contribution in [-0.4, -0.2) is 26.1 Å². The Hall–Kier alpha value is -3.28. The second kappa shape index (κ2) is 6.87. The summed E-state index contributed by atoms with van der Waals surface area (Å²) in [5.41, 5.74) is 2.79. The van der Waals surface area contributed by atoms with Crippen LogP contribution >= 0.6 is 0 Å². The molecule has 3 rings (SSSR count). The van der Waals surface area contributed by atoms with Crippen molar-refractivity contribution in [1.82, 2.24) is 20.2 Å². The summed E-state index contributed by atoms with van der Waals surface area (Å²) >= 11 is 0. The van der Waals surface area contributed by atoms with Crippen molar-refractivity contribution in [2.75, 3.05) is 4.90 Å². The molecule has 0 bridgehead atoms.